The summed E-state index contributed by atoms with van der Waals surface area (Å²) in [5, 5.41) is 14.0. The van der Waals surface area contributed by atoms with E-state index in [0.717, 1.165) is 5.56 Å². The third kappa shape index (κ3) is 2.54. The van der Waals surface area contributed by atoms with Crippen LogP contribution < -0.4 is 5.32 Å². The van der Waals surface area contributed by atoms with Gasteiger partial charge in [-0.1, -0.05) is 30.3 Å². The van der Waals surface area contributed by atoms with Crippen LogP contribution in [0.5, 0.6) is 0 Å². The number of hydrogen-bond donors (Lipinski definition) is 1. The average Bonchev–Trinajstić information content (AvgIpc) is 2.98. The van der Waals surface area contributed by atoms with E-state index >= 15 is 0 Å². The molecule has 0 radical (unpaired) electrons. The lowest BCUT2D eigenvalue weighted by Gasteiger charge is -2.12. The fourth-order valence-electron chi connectivity index (χ4n) is 2.31. The fraction of sp³-hybridized carbons (Fsp3) is 0.200. The second-order valence-electron chi connectivity index (χ2n) is 4.69. The summed E-state index contributed by atoms with van der Waals surface area (Å²) in [6.07, 6.45) is -0.221. The van der Waals surface area contributed by atoms with Gasteiger partial charge in [-0.05, 0) is 23.3 Å². The van der Waals surface area contributed by atoms with E-state index in [4.69, 9.17) is 4.74 Å². The summed E-state index contributed by atoms with van der Waals surface area (Å²) in [4.78, 5) is 10.2. The maximum absolute atomic E-state index is 10.6. The Morgan fingerprint density at radius 2 is 1.75 bits per heavy atom. The zero-order valence-corrected chi connectivity index (χ0v) is 10.7. The lowest BCUT2D eigenvalue weighted by molar-refractivity contribution is -0.384. The van der Waals surface area contributed by atoms with Gasteiger partial charge in [0, 0.05) is 12.1 Å². The first-order chi connectivity index (χ1) is 9.74. The van der Waals surface area contributed by atoms with Crippen LogP contribution in [0.1, 0.15) is 23.4 Å². The van der Waals surface area contributed by atoms with Gasteiger partial charge in [0.2, 0.25) is 0 Å². The van der Waals surface area contributed by atoms with Crippen LogP contribution in [-0.4, -0.2) is 11.5 Å². The SMILES string of the molecule is O=[N+]([O-])c1ccc([C@H]2N[C@@H](c3ccccc3)CO2)cc1. The highest BCUT2D eigenvalue weighted by Gasteiger charge is 2.26. The van der Waals surface area contributed by atoms with Gasteiger partial charge in [-0.25, -0.2) is 0 Å². The van der Waals surface area contributed by atoms with Gasteiger partial charge < -0.3 is 4.74 Å². The van der Waals surface area contributed by atoms with Gasteiger partial charge in [-0.2, -0.15) is 0 Å². The monoisotopic (exact) mass is 270 g/mol. The van der Waals surface area contributed by atoms with Gasteiger partial charge in [-0.15, -0.1) is 0 Å². The molecule has 2 aromatic rings. The van der Waals surface area contributed by atoms with Crippen molar-refractivity contribution in [2.24, 2.45) is 0 Å². The van der Waals surface area contributed by atoms with Crippen LogP contribution in [0.15, 0.2) is 54.6 Å². The van der Waals surface area contributed by atoms with Crippen LogP contribution in [0.4, 0.5) is 5.69 Å². The van der Waals surface area contributed by atoms with Crippen molar-refractivity contribution in [2.45, 2.75) is 12.3 Å². The minimum Gasteiger partial charge on any atom is -0.357 e. The lowest BCUT2D eigenvalue weighted by atomic mass is 10.1. The second-order valence-corrected chi connectivity index (χ2v) is 4.69. The van der Waals surface area contributed by atoms with E-state index < -0.39 is 4.92 Å². The number of nitrogens with zero attached hydrogens (tertiary/aromatic N) is 1. The Labute approximate surface area is 116 Å². The standard InChI is InChI=1S/C15H14N2O3/c18-17(19)13-8-6-12(7-9-13)15-16-14(10-20-15)11-4-2-1-3-5-11/h1-9,14-16H,10H2/t14-,15+/m1/s1. The molecule has 1 fully saturated rings. The molecule has 0 unspecified atom stereocenters. The number of rotatable bonds is 3. The van der Waals surface area contributed by atoms with E-state index in [2.05, 4.69) is 17.4 Å². The summed E-state index contributed by atoms with van der Waals surface area (Å²) in [7, 11) is 0. The Kier molecular flexibility index (Phi) is 3.45. The molecule has 2 aromatic carbocycles. The largest absolute Gasteiger partial charge is 0.357 e. The first-order valence-corrected chi connectivity index (χ1v) is 6.41. The van der Waals surface area contributed by atoms with Crippen molar-refractivity contribution in [2.75, 3.05) is 6.61 Å². The smallest absolute Gasteiger partial charge is 0.269 e. The summed E-state index contributed by atoms with van der Waals surface area (Å²) >= 11 is 0. The molecule has 0 aromatic heterocycles. The van der Waals surface area contributed by atoms with Crippen LogP contribution in [0.25, 0.3) is 0 Å². The molecule has 0 saturated carbocycles. The maximum atomic E-state index is 10.6. The van der Waals surface area contributed by atoms with Gasteiger partial charge in [0.15, 0.2) is 0 Å². The predicted octanol–water partition coefficient (Wildman–Crippen LogP) is 2.95. The molecule has 3 rings (SSSR count). The topological polar surface area (TPSA) is 64.4 Å². The second kappa shape index (κ2) is 5.40. The summed E-state index contributed by atoms with van der Waals surface area (Å²) in [6, 6.07) is 16.7. The molecular weight excluding hydrogens is 256 g/mol. The lowest BCUT2D eigenvalue weighted by Crippen LogP contribution is -2.18. The minimum absolute atomic E-state index is 0.0892. The number of hydrogen-bond acceptors (Lipinski definition) is 4. The van der Waals surface area contributed by atoms with Crippen molar-refractivity contribution < 1.29 is 9.66 Å². The highest BCUT2D eigenvalue weighted by atomic mass is 16.6. The molecule has 5 nitrogen and oxygen atoms in total. The number of nitro groups is 1. The van der Waals surface area contributed by atoms with Crippen molar-refractivity contribution in [3.05, 3.63) is 75.8 Å². The van der Waals surface area contributed by atoms with Crippen molar-refractivity contribution in [1.29, 1.82) is 0 Å². The van der Waals surface area contributed by atoms with Gasteiger partial charge in [0.1, 0.15) is 6.23 Å². The third-order valence-electron chi connectivity index (χ3n) is 3.39. The van der Waals surface area contributed by atoms with E-state index in [0.29, 0.717) is 6.61 Å². The molecule has 1 heterocycles. The first kappa shape index (κ1) is 12.8. The molecule has 0 amide bonds. The predicted molar refractivity (Wildman–Crippen MR) is 74.1 cm³/mol. The number of ether oxygens (including phenoxy) is 1. The zero-order chi connectivity index (χ0) is 13.9. The molecule has 1 aliphatic rings. The fourth-order valence-corrected chi connectivity index (χ4v) is 2.31. The average molecular weight is 270 g/mol. The highest BCUT2D eigenvalue weighted by molar-refractivity contribution is 5.34. The van der Waals surface area contributed by atoms with E-state index in [1.165, 1.54) is 17.7 Å². The van der Waals surface area contributed by atoms with Crippen LogP contribution in [0.3, 0.4) is 0 Å². The van der Waals surface area contributed by atoms with Crippen LogP contribution in [-0.2, 0) is 4.74 Å². The summed E-state index contributed by atoms with van der Waals surface area (Å²) in [5.41, 5.74) is 2.16. The molecule has 20 heavy (non-hydrogen) atoms. The molecule has 0 spiro atoms. The molecule has 102 valence electrons. The molecule has 2 atom stereocenters. The normalized spacial score (nSPS) is 21.8. The van der Waals surface area contributed by atoms with E-state index in [1.54, 1.807) is 12.1 Å². The number of nitro benzene ring substituents is 1. The Morgan fingerprint density at radius 3 is 2.40 bits per heavy atom. The Hall–Kier alpha value is -2.24. The van der Waals surface area contributed by atoms with Crippen molar-refractivity contribution in [3.8, 4) is 0 Å². The first-order valence-electron chi connectivity index (χ1n) is 6.41. The summed E-state index contributed by atoms with van der Waals surface area (Å²) in [6.45, 7) is 0.589. The Morgan fingerprint density at radius 1 is 1.05 bits per heavy atom. The van der Waals surface area contributed by atoms with E-state index in [1.807, 2.05) is 18.2 Å². The van der Waals surface area contributed by atoms with Gasteiger partial charge >= 0.3 is 0 Å². The third-order valence-corrected chi connectivity index (χ3v) is 3.39. The van der Waals surface area contributed by atoms with Crippen LogP contribution in [0.2, 0.25) is 0 Å². The molecule has 1 N–H and O–H groups in total. The zero-order valence-electron chi connectivity index (χ0n) is 10.7. The molecular formula is C15H14N2O3. The Bertz CT molecular complexity index is 598. The van der Waals surface area contributed by atoms with Gasteiger partial charge in [-0.3, -0.25) is 15.4 Å². The molecule has 0 bridgehead atoms. The van der Waals surface area contributed by atoms with Gasteiger partial charge in [0.25, 0.3) is 5.69 Å². The quantitative estimate of drug-likeness (QED) is 0.688. The van der Waals surface area contributed by atoms with Crippen molar-refractivity contribution in [1.82, 2.24) is 5.32 Å². The van der Waals surface area contributed by atoms with Gasteiger partial charge in [0.05, 0.1) is 17.6 Å². The van der Waals surface area contributed by atoms with Crippen molar-refractivity contribution >= 4 is 5.69 Å². The number of benzene rings is 2. The summed E-state index contributed by atoms with van der Waals surface area (Å²) in [5.74, 6) is 0. The maximum Gasteiger partial charge on any atom is 0.269 e. The van der Waals surface area contributed by atoms with Crippen molar-refractivity contribution in [3.63, 3.8) is 0 Å². The van der Waals surface area contributed by atoms with E-state index in [-0.39, 0.29) is 18.0 Å². The number of nitrogens with one attached hydrogen (secondary N) is 1. The molecule has 0 aliphatic carbocycles. The molecule has 1 aliphatic heterocycles. The minimum atomic E-state index is -0.403. The van der Waals surface area contributed by atoms with Crippen LogP contribution >= 0.6 is 0 Å². The van der Waals surface area contributed by atoms with Crippen LogP contribution in [0, 0.1) is 10.1 Å². The molecule has 1 saturated heterocycles. The van der Waals surface area contributed by atoms with E-state index in [9.17, 15) is 10.1 Å². The molecule has 5 heteroatoms. The Balaban J connectivity index is 1.72. The highest BCUT2D eigenvalue weighted by Crippen LogP contribution is 2.29. The number of non-ortho nitro benzene ring substituents is 1. The summed E-state index contributed by atoms with van der Waals surface area (Å²) < 4.78 is 5.73.